The number of hydrogen-bond donors (Lipinski definition) is 0. The lowest BCUT2D eigenvalue weighted by Crippen LogP contribution is -1.89. The average molecular weight is 235 g/mol. The van der Waals surface area contributed by atoms with E-state index in [2.05, 4.69) is 20.9 Å². The van der Waals surface area contributed by atoms with Gasteiger partial charge >= 0.3 is 12.6 Å². The summed E-state index contributed by atoms with van der Waals surface area (Å²) >= 11 is 0. The first-order valence-corrected chi connectivity index (χ1v) is 5.48. The van der Waals surface area contributed by atoms with Gasteiger partial charge < -0.3 is 0 Å². The average Bonchev–Trinajstić information content (AvgIpc) is 2.39. The molecule has 86 valence electrons. The zero-order chi connectivity index (χ0) is 12.8. The number of aromatic nitrogens is 2. The lowest BCUT2D eigenvalue weighted by atomic mass is 10.2. The van der Waals surface area contributed by atoms with Gasteiger partial charge in [0, 0.05) is 12.4 Å². The van der Waals surface area contributed by atoms with Crippen LogP contribution in [0.5, 0.6) is 0 Å². The molecule has 2 aromatic heterocycles. The Morgan fingerprint density at radius 1 is 1.33 bits per heavy atom. The number of pyridine rings is 2. The minimum absolute atomic E-state index is 0.403. The molecule has 0 bridgehead atoms. The van der Waals surface area contributed by atoms with Gasteiger partial charge in [0.15, 0.2) is 0 Å². The van der Waals surface area contributed by atoms with Crippen LogP contribution < -0.4 is 0 Å². The maximum Gasteiger partial charge on any atom is 0.313 e. The second-order valence-electron chi connectivity index (χ2n) is 3.80. The van der Waals surface area contributed by atoms with Crippen LogP contribution in [0.3, 0.4) is 0 Å². The molecule has 0 aliphatic rings. The second-order valence-corrected chi connectivity index (χ2v) is 3.80. The Hall–Kier alpha value is -2.72. The quantitative estimate of drug-likeness (QED) is 0.763. The van der Waals surface area contributed by atoms with E-state index < -0.39 is 0 Å². The monoisotopic (exact) mass is 235 g/mol. The Morgan fingerprint density at radius 3 is 3.00 bits per heavy atom. The number of hydrogen-bond acceptors (Lipinski definition) is 3. The summed E-state index contributed by atoms with van der Waals surface area (Å²) in [5.41, 5.74) is 3.06. The molecule has 2 heterocycles. The first-order valence-electron chi connectivity index (χ1n) is 5.48. The van der Waals surface area contributed by atoms with Crippen molar-refractivity contribution in [1.29, 1.82) is 5.26 Å². The van der Waals surface area contributed by atoms with Crippen LogP contribution >= 0.6 is 0 Å². The van der Waals surface area contributed by atoms with Crippen molar-refractivity contribution >= 4 is 0 Å². The van der Waals surface area contributed by atoms with Gasteiger partial charge in [0.25, 0.3) is 0 Å². The van der Waals surface area contributed by atoms with Crippen molar-refractivity contribution in [1.82, 2.24) is 9.97 Å². The summed E-state index contributed by atoms with van der Waals surface area (Å²) in [6.45, 7) is 2.37. The van der Waals surface area contributed by atoms with Crippen LogP contribution in [0.2, 0.25) is 0 Å². The van der Waals surface area contributed by atoms with Crippen LogP contribution in [-0.2, 0) is 6.54 Å². The molecule has 0 N–H and O–H groups in total. The second kappa shape index (κ2) is 5.56. The van der Waals surface area contributed by atoms with Crippen LogP contribution in [-0.4, -0.2) is 9.97 Å². The van der Waals surface area contributed by atoms with E-state index in [0.29, 0.717) is 12.2 Å². The lowest BCUT2D eigenvalue weighted by molar-refractivity contribution is 1.09. The SMILES string of the molecule is Cc1cncc(C#[N+]Cc2cccc(C#N)n2)c1. The standard InChI is InChI=1S/C14H11N4/c1-11-5-12(8-16-7-11)9-17-10-14-4-2-3-13(6-15)18-14/h2-5,7-8H,10H2,1H3/q+1. The lowest BCUT2D eigenvalue weighted by Gasteiger charge is -1.89. The summed E-state index contributed by atoms with van der Waals surface area (Å²) in [6, 6.07) is 12.2. The van der Waals surface area contributed by atoms with Gasteiger partial charge in [-0.1, -0.05) is 10.9 Å². The van der Waals surface area contributed by atoms with Crippen molar-refractivity contribution in [2.75, 3.05) is 0 Å². The zero-order valence-electron chi connectivity index (χ0n) is 9.96. The fraction of sp³-hybridized carbons (Fsp3) is 0.143. The first-order chi connectivity index (χ1) is 8.78. The summed E-state index contributed by atoms with van der Waals surface area (Å²) in [5.74, 6) is 0. The molecule has 18 heavy (non-hydrogen) atoms. The van der Waals surface area contributed by atoms with E-state index in [9.17, 15) is 0 Å². The van der Waals surface area contributed by atoms with E-state index >= 15 is 0 Å². The first kappa shape index (κ1) is 11.8. The Morgan fingerprint density at radius 2 is 2.22 bits per heavy atom. The van der Waals surface area contributed by atoms with Crippen molar-refractivity contribution in [3.63, 3.8) is 0 Å². The summed E-state index contributed by atoms with van der Waals surface area (Å²) in [7, 11) is 0. The van der Waals surface area contributed by atoms with Gasteiger partial charge in [0.05, 0.1) is 0 Å². The maximum atomic E-state index is 8.73. The number of aryl methyl sites for hydroxylation is 1. The van der Waals surface area contributed by atoms with E-state index in [1.807, 2.05) is 25.1 Å². The van der Waals surface area contributed by atoms with Gasteiger partial charge in [-0.15, -0.1) is 0 Å². The number of nitrogens with zero attached hydrogens (tertiary/aromatic N) is 4. The molecule has 0 fully saturated rings. The molecule has 0 saturated carbocycles. The molecule has 0 unspecified atom stereocenters. The molecular formula is C14H11N4+. The van der Waals surface area contributed by atoms with Gasteiger partial charge in [0.2, 0.25) is 0 Å². The van der Waals surface area contributed by atoms with Crippen molar-refractivity contribution in [3.05, 3.63) is 64.0 Å². The van der Waals surface area contributed by atoms with E-state index in [-0.39, 0.29) is 0 Å². The molecule has 2 rings (SSSR count). The molecule has 0 aliphatic carbocycles. The molecule has 0 amide bonds. The van der Waals surface area contributed by atoms with E-state index in [1.54, 1.807) is 24.5 Å². The molecular weight excluding hydrogens is 224 g/mol. The highest BCUT2D eigenvalue weighted by molar-refractivity contribution is 5.31. The minimum Gasteiger partial charge on any atom is -0.263 e. The van der Waals surface area contributed by atoms with Crippen LogP contribution in [0.4, 0.5) is 0 Å². The Kier molecular flexibility index (Phi) is 3.63. The molecule has 2 aromatic rings. The van der Waals surface area contributed by atoms with Gasteiger partial charge in [-0.25, -0.2) is 4.98 Å². The topological polar surface area (TPSA) is 53.9 Å². The third kappa shape index (κ3) is 3.13. The summed E-state index contributed by atoms with van der Waals surface area (Å²) in [5, 5.41) is 8.73. The largest absolute Gasteiger partial charge is 0.313 e. The fourth-order valence-corrected chi connectivity index (χ4v) is 1.46. The zero-order valence-corrected chi connectivity index (χ0v) is 9.96. The predicted octanol–water partition coefficient (Wildman–Crippen LogP) is 2.54. The van der Waals surface area contributed by atoms with E-state index in [1.165, 1.54) is 0 Å². The maximum absolute atomic E-state index is 8.73. The van der Waals surface area contributed by atoms with Gasteiger partial charge in [-0.3, -0.25) is 4.98 Å². The van der Waals surface area contributed by atoms with Crippen LogP contribution in [0.15, 0.2) is 36.7 Å². The van der Waals surface area contributed by atoms with Crippen LogP contribution in [0.25, 0.3) is 4.85 Å². The van der Waals surface area contributed by atoms with Crippen molar-refractivity contribution < 1.29 is 0 Å². The molecule has 0 atom stereocenters. The number of nitriles is 1. The molecule has 4 heteroatoms. The number of rotatable bonds is 1. The van der Waals surface area contributed by atoms with Crippen LogP contribution in [0, 0.1) is 24.3 Å². The van der Waals surface area contributed by atoms with Crippen LogP contribution in [0.1, 0.15) is 22.5 Å². The van der Waals surface area contributed by atoms with E-state index in [0.717, 1.165) is 16.8 Å². The Labute approximate surface area is 105 Å². The summed E-state index contributed by atoms with van der Waals surface area (Å²) in [4.78, 5) is 12.4. The van der Waals surface area contributed by atoms with Crippen molar-refractivity contribution in [3.8, 4) is 12.1 Å². The third-order valence-electron chi connectivity index (χ3n) is 2.25. The normalized spacial score (nSPS) is 9.11. The highest BCUT2D eigenvalue weighted by Crippen LogP contribution is 2.02. The van der Waals surface area contributed by atoms with Gasteiger partial charge in [0.1, 0.15) is 23.0 Å². The highest BCUT2D eigenvalue weighted by Gasteiger charge is 2.02. The minimum atomic E-state index is 0.403. The molecule has 0 radical (unpaired) electrons. The van der Waals surface area contributed by atoms with Gasteiger partial charge in [-0.2, -0.15) is 5.26 Å². The molecule has 4 nitrogen and oxygen atoms in total. The Bertz CT molecular complexity index is 659. The smallest absolute Gasteiger partial charge is 0.263 e. The molecule has 0 spiro atoms. The van der Waals surface area contributed by atoms with Crippen molar-refractivity contribution in [2.24, 2.45) is 0 Å². The fourth-order valence-electron chi connectivity index (χ4n) is 1.46. The van der Waals surface area contributed by atoms with E-state index in [4.69, 9.17) is 5.26 Å². The molecule has 0 aliphatic heterocycles. The Balaban J connectivity index is 2.10. The highest BCUT2D eigenvalue weighted by atomic mass is 14.8. The predicted molar refractivity (Wildman–Crippen MR) is 68.0 cm³/mol. The van der Waals surface area contributed by atoms with Crippen molar-refractivity contribution in [2.45, 2.75) is 13.5 Å². The molecule has 0 saturated heterocycles. The third-order valence-corrected chi connectivity index (χ3v) is 2.25. The summed E-state index contributed by atoms with van der Waals surface area (Å²) in [6.07, 6.45) is 3.48. The van der Waals surface area contributed by atoms with Gasteiger partial charge in [-0.05, 0) is 30.7 Å². The summed E-state index contributed by atoms with van der Waals surface area (Å²) < 4.78 is 0. The molecule has 0 aromatic carbocycles.